The number of anilines is 1. The first-order valence-electron chi connectivity index (χ1n) is 6.53. The Kier molecular flexibility index (Phi) is 4.15. The van der Waals surface area contributed by atoms with E-state index in [0.717, 1.165) is 37.8 Å². The van der Waals surface area contributed by atoms with E-state index in [1.165, 1.54) is 6.42 Å². The van der Waals surface area contributed by atoms with Crippen molar-refractivity contribution >= 4 is 5.69 Å². The summed E-state index contributed by atoms with van der Waals surface area (Å²) >= 11 is 0. The molecule has 1 nitrogen and oxygen atoms in total. The molecule has 1 saturated carbocycles. The Labute approximate surface area is 105 Å². The van der Waals surface area contributed by atoms with Gasteiger partial charge in [-0.2, -0.15) is 0 Å². The number of halogens is 3. The predicted octanol–water partition coefficient (Wildman–Crippen LogP) is 4.48. The number of hydrogen-bond donors (Lipinski definition) is 1. The molecule has 2 rings (SSSR count). The van der Waals surface area contributed by atoms with Gasteiger partial charge in [-0.25, -0.2) is 13.2 Å². The predicted molar refractivity (Wildman–Crippen MR) is 66.0 cm³/mol. The van der Waals surface area contributed by atoms with Crippen LogP contribution in [-0.4, -0.2) is 6.04 Å². The number of nitrogens with one attached hydrogen (secondary N) is 1. The number of rotatable bonds is 3. The molecule has 1 N–H and O–H groups in total. The zero-order chi connectivity index (χ0) is 13.1. The van der Waals surface area contributed by atoms with Gasteiger partial charge in [0.1, 0.15) is 0 Å². The molecule has 0 aromatic heterocycles. The van der Waals surface area contributed by atoms with Crippen molar-refractivity contribution in [1.29, 1.82) is 0 Å². The second-order valence-electron chi connectivity index (χ2n) is 4.96. The van der Waals surface area contributed by atoms with Crippen molar-refractivity contribution in [2.45, 2.75) is 45.1 Å². The standard InChI is InChI=1S/C14H18F3N/c1-2-9-5-3-4-6-13(9)18-10-7-11(15)14(17)12(16)8-10/h7-9,13,18H,2-6H2,1H3. The molecule has 0 heterocycles. The SMILES string of the molecule is CCC1CCCCC1Nc1cc(F)c(F)c(F)c1. The van der Waals surface area contributed by atoms with Crippen LogP contribution in [-0.2, 0) is 0 Å². The fourth-order valence-electron chi connectivity index (χ4n) is 2.74. The summed E-state index contributed by atoms with van der Waals surface area (Å²) in [6, 6.07) is 2.28. The van der Waals surface area contributed by atoms with E-state index < -0.39 is 17.5 Å². The highest BCUT2D eigenvalue weighted by Crippen LogP contribution is 2.30. The smallest absolute Gasteiger partial charge is 0.194 e. The second kappa shape index (κ2) is 5.63. The Balaban J connectivity index is 2.13. The van der Waals surface area contributed by atoms with Crippen LogP contribution in [0.3, 0.4) is 0 Å². The number of benzene rings is 1. The molecule has 0 amide bonds. The monoisotopic (exact) mass is 257 g/mol. The van der Waals surface area contributed by atoms with E-state index >= 15 is 0 Å². The minimum absolute atomic E-state index is 0.230. The Hall–Kier alpha value is -1.19. The molecule has 1 aliphatic rings. The van der Waals surface area contributed by atoms with Gasteiger partial charge >= 0.3 is 0 Å². The summed E-state index contributed by atoms with van der Waals surface area (Å²) < 4.78 is 39.1. The lowest BCUT2D eigenvalue weighted by atomic mass is 9.83. The minimum Gasteiger partial charge on any atom is -0.382 e. The van der Waals surface area contributed by atoms with E-state index in [9.17, 15) is 13.2 Å². The van der Waals surface area contributed by atoms with E-state index in [-0.39, 0.29) is 6.04 Å². The van der Waals surface area contributed by atoms with Crippen LogP contribution in [0.4, 0.5) is 18.9 Å². The Morgan fingerprint density at radius 3 is 2.33 bits per heavy atom. The Morgan fingerprint density at radius 2 is 1.72 bits per heavy atom. The molecule has 0 saturated heterocycles. The summed E-state index contributed by atoms with van der Waals surface area (Å²) in [5.41, 5.74) is 0.330. The average molecular weight is 257 g/mol. The van der Waals surface area contributed by atoms with Crippen LogP contribution in [0.1, 0.15) is 39.0 Å². The van der Waals surface area contributed by atoms with Crippen molar-refractivity contribution in [3.63, 3.8) is 0 Å². The van der Waals surface area contributed by atoms with Crippen molar-refractivity contribution in [2.24, 2.45) is 5.92 Å². The van der Waals surface area contributed by atoms with Gasteiger partial charge in [0.25, 0.3) is 0 Å². The zero-order valence-corrected chi connectivity index (χ0v) is 10.5. The van der Waals surface area contributed by atoms with Crippen LogP contribution in [0.25, 0.3) is 0 Å². The second-order valence-corrected chi connectivity index (χ2v) is 4.96. The molecule has 2 unspecified atom stereocenters. The van der Waals surface area contributed by atoms with Gasteiger partial charge in [0.2, 0.25) is 0 Å². The van der Waals surface area contributed by atoms with E-state index in [1.807, 2.05) is 0 Å². The summed E-state index contributed by atoms with van der Waals surface area (Å²) in [7, 11) is 0. The van der Waals surface area contributed by atoms with Gasteiger partial charge < -0.3 is 5.32 Å². The van der Waals surface area contributed by atoms with Crippen molar-refractivity contribution in [2.75, 3.05) is 5.32 Å². The Bertz CT molecular complexity index is 396. The fraction of sp³-hybridized carbons (Fsp3) is 0.571. The number of hydrogen-bond acceptors (Lipinski definition) is 1. The van der Waals surface area contributed by atoms with Gasteiger partial charge in [0, 0.05) is 23.9 Å². The topological polar surface area (TPSA) is 12.0 Å². The molecule has 2 atom stereocenters. The molecular formula is C14H18F3N. The third-order valence-electron chi connectivity index (χ3n) is 3.77. The highest BCUT2D eigenvalue weighted by molar-refractivity contribution is 5.45. The summed E-state index contributed by atoms with van der Waals surface area (Å²) in [6.07, 6.45) is 5.52. The van der Waals surface area contributed by atoms with Gasteiger partial charge in [0.05, 0.1) is 0 Å². The summed E-state index contributed by atoms with van der Waals surface area (Å²) in [4.78, 5) is 0. The molecule has 1 aromatic carbocycles. The van der Waals surface area contributed by atoms with Gasteiger partial charge in [-0.05, 0) is 18.8 Å². The molecule has 1 fully saturated rings. The van der Waals surface area contributed by atoms with Crippen LogP contribution in [0.15, 0.2) is 12.1 Å². The molecule has 18 heavy (non-hydrogen) atoms. The lowest BCUT2D eigenvalue weighted by molar-refractivity contribution is 0.317. The van der Waals surface area contributed by atoms with Crippen LogP contribution < -0.4 is 5.32 Å². The fourth-order valence-corrected chi connectivity index (χ4v) is 2.74. The van der Waals surface area contributed by atoms with Crippen LogP contribution >= 0.6 is 0 Å². The molecule has 0 bridgehead atoms. The molecule has 1 aliphatic carbocycles. The maximum Gasteiger partial charge on any atom is 0.194 e. The van der Waals surface area contributed by atoms with Gasteiger partial charge in [-0.15, -0.1) is 0 Å². The lowest BCUT2D eigenvalue weighted by Gasteiger charge is -2.32. The van der Waals surface area contributed by atoms with Gasteiger partial charge in [-0.1, -0.05) is 26.2 Å². The highest BCUT2D eigenvalue weighted by atomic mass is 19.2. The van der Waals surface area contributed by atoms with Crippen molar-refractivity contribution in [1.82, 2.24) is 0 Å². The molecule has 0 radical (unpaired) electrons. The summed E-state index contributed by atoms with van der Waals surface area (Å²) in [6.45, 7) is 2.12. The van der Waals surface area contributed by atoms with Crippen molar-refractivity contribution in [3.05, 3.63) is 29.6 Å². The van der Waals surface area contributed by atoms with Gasteiger partial charge in [-0.3, -0.25) is 0 Å². The third kappa shape index (κ3) is 2.79. The molecule has 100 valence electrons. The maximum atomic E-state index is 13.1. The van der Waals surface area contributed by atoms with Crippen LogP contribution in [0.5, 0.6) is 0 Å². The summed E-state index contributed by atoms with van der Waals surface area (Å²) in [5.74, 6) is -3.16. The molecule has 0 aliphatic heterocycles. The van der Waals surface area contributed by atoms with Crippen molar-refractivity contribution in [3.8, 4) is 0 Å². The normalized spacial score (nSPS) is 24.0. The maximum absolute atomic E-state index is 13.1. The van der Waals surface area contributed by atoms with Gasteiger partial charge in [0.15, 0.2) is 17.5 Å². The van der Waals surface area contributed by atoms with Crippen molar-refractivity contribution < 1.29 is 13.2 Å². The highest BCUT2D eigenvalue weighted by Gasteiger charge is 2.24. The third-order valence-corrected chi connectivity index (χ3v) is 3.77. The molecular weight excluding hydrogens is 239 g/mol. The van der Waals surface area contributed by atoms with E-state index in [2.05, 4.69) is 12.2 Å². The van der Waals surface area contributed by atoms with E-state index in [4.69, 9.17) is 0 Å². The largest absolute Gasteiger partial charge is 0.382 e. The molecule has 1 aromatic rings. The van der Waals surface area contributed by atoms with Crippen LogP contribution in [0, 0.1) is 23.4 Å². The first-order chi connectivity index (χ1) is 8.61. The first kappa shape index (κ1) is 13.2. The van der Waals surface area contributed by atoms with E-state index in [0.29, 0.717) is 11.6 Å². The van der Waals surface area contributed by atoms with Crippen LogP contribution in [0.2, 0.25) is 0 Å². The average Bonchev–Trinajstić information content (AvgIpc) is 2.36. The zero-order valence-electron chi connectivity index (χ0n) is 10.5. The Morgan fingerprint density at radius 1 is 1.11 bits per heavy atom. The molecule has 4 heteroatoms. The summed E-state index contributed by atoms with van der Waals surface area (Å²) in [5, 5.41) is 3.14. The molecule has 0 spiro atoms. The lowest BCUT2D eigenvalue weighted by Crippen LogP contribution is -2.31. The minimum atomic E-state index is -1.41. The first-order valence-corrected chi connectivity index (χ1v) is 6.53. The van der Waals surface area contributed by atoms with E-state index in [1.54, 1.807) is 0 Å². The quantitative estimate of drug-likeness (QED) is 0.787.